The molecule has 0 aliphatic heterocycles. The number of nitrogens with two attached hydrogens (primary N) is 1. The lowest BCUT2D eigenvalue weighted by atomic mass is 10.2. The molecule has 0 amide bonds. The first-order valence-corrected chi connectivity index (χ1v) is 7.06. The summed E-state index contributed by atoms with van der Waals surface area (Å²) in [4.78, 5) is 16.0. The standard InChI is InChI=1S/C14H16BrN3O2/c1-3-20-14(19)12-13(16)18(9(2)17-12)8-10-5-4-6-11(15)7-10/h4-7H,3,8,16H2,1-2H3. The van der Waals surface area contributed by atoms with Crippen LogP contribution in [0.3, 0.4) is 0 Å². The minimum atomic E-state index is -0.485. The van der Waals surface area contributed by atoms with Gasteiger partial charge in [-0.05, 0) is 31.5 Å². The molecule has 6 heteroatoms. The molecule has 0 spiro atoms. The van der Waals surface area contributed by atoms with Gasteiger partial charge in [-0.3, -0.25) is 0 Å². The summed E-state index contributed by atoms with van der Waals surface area (Å²) in [5.41, 5.74) is 7.26. The predicted octanol–water partition coefficient (Wildman–Crippen LogP) is 2.76. The number of halogens is 1. The van der Waals surface area contributed by atoms with Gasteiger partial charge in [0.05, 0.1) is 13.2 Å². The normalized spacial score (nSPS) is 10.6. The number of nitrogen functional groups attached to an aromatic ring is 1. The van der Waals surface area contributed by atoms with Gasteiger partial charge in [0.25, 0.3) is 0 Å². The fraction of sp³-hybridized carbons (Fsp3) is 0.286. The van der Waals surface area contributed by atoms with Gasteiger partial charge >= 0.3 is 5.97 Å². The molecule has 0 bridgehead atoms. The number of ether oxygens (including phenoxy) is 1. The highest BCUT2D eigenvalue weighted by Crippen LogP contribution is 2.19. The van der Waals surface area contributed by atoms with Crippen LogP contribution in [0.5, 0.6) is 0 Å². The lowest BCUT2D eigenvalue weighted by molar-refractivity contribution is 0.0521. The van der Waals surface area contributed by atoms with E-state index in [1.807, 2.05) is 31.2 Å². The van der Waals surface area contributed by atoms with E-state index >= 15 is 0 Å². The number of nitrogens with zero attached hydrogens (tertiary/aromatic N) is 2. The number of aromatic nitrogens is 2. The van der Waals surface area contributed by atoms with Crippen LogP contribution in [-0.4, -0.2) is 22.1 Å². The summed E-state index contributed by atoms with van der Waals surface area (Å²) in [7, 11) is 0. The van der Waals surface area contributed by atoms with Crippen molar-refractivity contribution in [3.8, 4) is 0 Å². The molecule has 0 atom stereocenters. The average Bonchev–Trinajstić information content (AvgIpc) is 2.67. The Morgan fingerprint density at radius 2 is 2.25 bits per heavy atom. The second-order valence-corrected chi connectivity index (χ2v) is 5.25. The zero-order valence-corrected chi connectivity index (χ0v) is 13.0. The number of rotatable bonds is 4. The van der Waals surface area contributed by atoms with Crippen LogP contribution in [0.2, 0.25) is 0 Å². The smallest absolute Gasteiger partial charge is 0.360 e. The molecule has 1 aromatic carbocycles. The molecule has 0 saturated carbocycles. The summed E-state index contributed by atoms with van der Waals surface area (Å²) >= 11 is 3.43. The third-order valence-corrected chi connectivity index (χ3v) is 3.39. The number of hydrogen-bond donors (Lipinski definition) is 1. The van der Waals surface area contributed by atoms with Crippen LogP contribution >= 0.6 is 15.9 Å². The van der Waals surface area contributed by atoms with Gasteiger partial charge < -0.3 is 15.0 Å². The van der Waals surface area contributed by atoms with Gasteiger partial charge in [-0.25, -0.2) is 9.78 Å². The third kappa shape index (κ3) is 3.01. The summed E-state index contributed by atoms with van der Waals surface area (Å²) in [6.07, 6.45) is 0. The number of carbonyl (C=O) groups excluding carboxylic acids is 1. The molecular weight excluding hydrogens is 322 g/mol. The van der Waals surface area contributed by atoms with E-state index in [-0.39, 0.29) is 5.69 Å². The first kappa shape index (κ1) is 14.6. The van der Waals surface area contributed by atoms with Gasteiger partial charge in [-0.2, -0.15) is 0 Å². The molecule has 0 saturated heterocycles. The van der Waals surface area contributed by atoms with Gasteiger partial charge in [0.15, 0.2) is 5.69 Å². The minimum Gasteiger partial charge on any atom is -0.461 e. The first-order chi connectivity index (χ1) is 9.52. The molecular formula is C14H16BrN3O2. The molecule has 0 aliphatic carbocycles. The van der Waals surface area contributed by atoms with Crippen LogP contribution in [0.15, 0.2) is 28.7 Å². The first-order valence-electron chi connectivity index (χ1n) is 6.27. The summed E-state index contributed by atoms with van der Waals surface area (Å²) in [5.74, 6) is 0.535. The fourth-order valence-corrected chi connectivity index (χ4v) is 2.40. The molecule has 2 aromatic rings. The van der Waals surface area contributed by atoms with E-state index < -0.39 is 5.97 Å². The fourth-order valence-electron chi connectivity index (χ4n) is 1.95. The van der Waals surface area contributed by atoms with Crippen molar-refractivity contribution in [3.05, 3.63) is 45.8 Å². The second kappa shape index (κ2) is 6.09. The molecule has 0 aliphatic rings. The van der Waals surface area contributed by atoms with E-state index in [9.17, 15) is 4.79 Å². The van der Waals surface area contributed by atoms with Crippen molar-refractivity contribution < 1.29 is 9.53 Å². The SMILES string of the molecule is CCOC(=O)c1nc(C)n(Cc2cccc(Br)c2)c1N. The van der Waals surface area contributed by atoms with Crippen molar-refractivity contribution in [3.63, 3.8) is 0 Å². The molecule has 5 nitrogen and oxygen atoms in total. The highest BCUT2D eigenvalue weighted by atomic mass is 79.9. The van der Waals surface area contributed by atoms with E-state index in [4.69, 9.17) is 10.5 Å². The van der Waals surface area contributed by atoms with E-state index in [0.717, 1.165) is 10.0 Å². The van der Waals surface area contributed by atoms with Crippen molar-refractivity contribution in [1.82, 2.24) is 9.55 Å². The lowest BCUT2D eigenvalue weighted by Gasteiger charge is -2.08. The number of esters is 1. The molecule has 20 heavy (non-hydrogen) atoms. The van der Waals surface area contributed by atoms with Crippen LogP contribution in [0.25, 0.3) is 0 Å². The predicted molar refractivity (Wildman–Crippen MR) is 80.6 cm³/mol. The Hall–Kier alpha value is -1.82. The molecule has 2 rings (SSSR count). The summed E-state index contributed by atoms with van der Waals surface area (Å²) in [6, 6.07) is 7.91. The summed E-state index contributed by atoms with van der Waals surface area (Å²) in [6.45, 7) is 4.43. The number of aryl methyl sites for hydroxylation is 1. The van der Waals surface area contributed by atoms with Crippen molar-refractivity contribution >= 4 is 27.7 Å². The van der Waals surface area contributed by atoms with Crippen LogP contribution < -0.4 is 5.73 Å². The minimum absolute atomic E-state index is 0.180. The van der Waals surface area contributed by atoms with E-state index in [1.165, 1.54) is 0 Å². The van der Waals surface area contributed by atoms with Crippen LogP contribution in [0.4, 0.5) is 5.82 Å². The largest absolute Gasteiger partial charge is 0.461 e. The Morgan fingerprint density at radius 1 is 1.50 bits per heavy atom. The van der Waals surface area contributed by atoms with Crippen molar-refractivity contribution in [2.45, 2.75) is 20.4 Å². The molecule has 0 unspecified atom stereocenters. The third-order valence-electron chi connectivity index (χ3n) is 2.90. The lowest BCUT2D eigenvalue weighted by Crippen LogP contribution is -2.10. The molecule has 0 fully saturated rings. The van der Waals surface area contributed by atoms with Gasteiger partial charge in [-0.1, -0.05) is 28.1 Å². The van der Waals surface area contributed by atoms with Crippen molar-refractivity contribution in [1.29, 1.82) is 0 Å². The Bertz CT molecular complexity index is 637. The van der Waals surface area contributed by atoms with Gasteiger partial charge in [0.2, 0.25) is 0 Å². The van der Waals surface area contributed by atoms with Crippen LogP contribution in [-0.2, 0) is 11.3 Å². The van der Waals surface area contributed by atoms with Gasteiger partial charge in [-0.15, -0.1) is 0 Å². The Kier molecular flexibility index (Phi) is 4.44. The number of hydrogen-bond acceptors (Lipinski definition) is 4. The van der Waals surface area contributed by atoms with Crippen molar-refractivity contribution in [2.24, 2.45) is 0 Å². The highest BCUT2D eigenvalue weighted by molar-refractivity contribution is 9.10. The number of carbonyl (C=O) groups is 1. The summed E-state index contributed by atoms with van der Waals surface area (Å²) in [5, 5.41) is 0. The molecule has 106 valence electrons. The zero-order chi connectivity index (χ0) is 14.7. The maximum atomic E-state index is 11.8. The average molecular weight is 338 g/mol. The number of imidazole rings is 1. The highest BCUT2D eigenvalue weighted by Gasteiger charge is 2.19. The topological polar surface area (TPSA) is 70.1 Å². The molecule has 0 radical (unpaired) electrons. The quantitative estimate of drug-likeness (QED) is 0.871. The van der Waals surface area contributed by atoms with Crippen LogP contribution in [0, 0.1) is 6.92 Å². The molecule has 1 aromatic heterocycles. The summed E-state index contributed by atoms with van der Waals surface area (Å²) < 4.78 is 7.74. The Morgan fingerprint density at radius 3 is 2.90 bits per heavy atom. The molecule has 2 N–H and O–H groups in total. The van der Waals surface area contributed by atoms with Crippen LogP contribution in [0.1, 0.15) is 28.8 Å². The molecule has 1 heterocycles. The van der Waals surface area contributed by atoms with E-state index in [0.29, 0.717) is 24.8 Å². The van der Waals surface area contributed by atoms with E-state index in [2.05, 4.69) is 20.9 Å². The maximum Gasteiger partial charge on any atom is 0.360 e. The zero-order valence-electron chi connectivity index (χ0n) is 11.4. The number of benzene rings is 1. The Labute approximate surface area is 125 Å². The monoisotopic (exact) mass is 337 g/mol. The van der Waals surface area contributed by atoms with Crippen molar-refractivity contribution in [2.75, 3.05) is 12.3 Å². The van der Waals surface area contributed by atoms with E-state index in [1.54, 1.807) is 11.5 Å². The number of anilines is 1. The second-order valence-electron chi connectivity index (χ2n) is 4.33. The maximum absolute atomic E-state index is 11.8. The Balaban J connectivity index is 2.31. The van der Waals surface area contributed by atoms with Gasteiger partial charge in [0, 0.05) is 4.47 Å². The van der Waals surface area contributed by atoms with Gasteiger partial charge in [0.1, 0.15) is 11.6 Å².